The Morgan fingerprint density at radius 1 is 1.35 bits per heavy atom. The molecule has 0 fully saturated rings. The largest absolute Gasteiger partial charge is 0.325 e. The Bertz CT molecular complexity index is 452. The third kappa shape index (κ3) is 6.78. The van der Waals surface area contributed by atoms with Crippen LogP contribution in [0.3, 0.4) is 0 Å². The molecule has 0 heterocycles. The maximum Gasteiger partial charge on any atom is 0.225 e. The minimum Gasteiger partial charge on any atom is -0.325 e. The summed E-state index contributed by atoms with van der Waals surface area (Å²) in [6, 6.07) is 7.85. The second-order valence-corrected chi connectivity index (χ2v) is 6.63. The lowest BCUT2D eigenvalue weighted by Gasteiger charge is -2.20. The third-order valence-corrected chi connectivity index (χ3v) is 3.59. The fourth-order valence-electron chi connectivity index (χ4n) is 1.61. The van der Waals surface area contributed by atoms with Crippen LogP contribution < -0.4 is 10.6 Å². The first kappa shape index (κ1) is 16.8. The highest BCUT2D eigenvalue weighted by Gasteiger charge is 2.10. The first-order chi connectivity index (χ1) is 9.42. The lowest BCUT2D eigenvalue weighted by Crippen LogP contribution is -2.37. The molecule has 2 N–H and O–H groups in total. The molecule has 1 aromatic carbocycles. The van der Waals surface area contributed by atoms with Crippen molar-refractivity contribution >= 4 is 23.4 Å². The fourth-order valence-corrected chi connectivity index (χ4v) is 2.35. The molecule has 0 saturated carbocycles. The quantitative estimate of drug-likeness (QED) is 0.595. The molecule has 0 bridgehead atoms. The molecular weight excluding hydrogens is 268 g/mol. The Labute approximate surface area is 126 Å². The molecule has 3 nitrogen and oxygen atoms in total. The summed E-state index contributed by atoms with van der Waals surface area (Å²) in [7, 11) is 0. The summed E-state index contributed by atoms with van der Waals surface area (Å²) in [6.45, 7) is 10.7. The van der Waals surface area contributed by atoms with Crippen molar-refractivity contribution in [2.45, 2.75) is 37.6 Å². The Morgan fingerprint density at radius 2 is 2.05 bits per heavy atom. The number of rotatable bonds is 7. The van der Waals surface area contributed by atoms with Crippen LogP contribution in [0.15, 0.2) is 41.8 Å². The zero-order valence-corrected chi connectivity index (χ0v) is 13.3. The lowest BCUT2D eigenvalue weighted by atomic mass is 10.1. The zero-order valence-electron chi connectivity index (χ0n) is 12.5. The van der Waals surface area contributed by atoms with Crippen LogP contribution >= 0.6 is 11.8 Å². The van der Waals surface area contributed by atoms with Crippen LogP contribution in [-0.4, -0.2) is 23.7 Å². The minimum atomic E-state index is 0.0356. The van der Waals surface area contributed by atoms with Crippen molar-refractivity contribution in [3.8, 4) is 0 Å². The maximum absolute atomic E-state index is 11.9. The molecular formula is C16H24N2OS. The highest BCUT2D eigenvalue weighted by atomic mass is 32.2. The number of carbonyl (C=O) groups excluding carboxylic acids is 1. The Morgan fingerprint density at radius 3 is 2.70 bits per heavy atom. The van der Waals surface area contributed by atoms with Gasteiger partial charge in [0.15, 0.2) is 0 Å². The Kier molecular flexibility index (Phi) is 6.82. The van der Waals surface area contributed by atoms with Gasteiger partial charge in [0.2, 0.25) is 5.91 Å². The van der Waals surface area contributed by atoms with Gasteiger partial charge in [-0.25, -0.2) is 0 Å². The van der Waals surface area contributed by atoms with Gasteiger partial charge in [-0.15, -0.1) is 18.3 Å². The smallest absolute Gasteiger partial charge is 0.225 e. The van der Waals surface area contributed by atoms with Crippen molar-refractivity contribution in [3.05, 3.63) is 36.9 Å². The summed E-state index contributed by atoms with van der Waals surface area (Å²) in [5, 5.41) is 6.28. The number of carbonyl (C=O) groups is 1. The number of hydrogen-bond donors (Lipinski definition) is 2. The highest BCUT2D eigenvalue weighted by molar-refractivity contribution is 7.99. The molecule has 1 aromatic rings. The standard InChI is InChI=1S/C16H24N2OS/c1-5-12-20-14-9-7-6-8-13(14)18-15(19)10-11-17-16(2,3)4/h5-9,17H,1,10-12H2,2-4H3,(H,18,19). The molecule has 1 amide bonds. The van der Waals surface area contributed by atoms with Gasteiger partial charge in [0, 0.05) is 29.2 Å². The Hall–Kier alpha value is -1.26. The first-order valence-corrected chi connectivity index (χ1v) is 7.78. The normalized spacial score (nSPS) is 11.2. The summed E-state index contributed by atoms with van der Waals surface area (Å²) in [6.07, 6.45) is 2.33. The maximum atomic E-state index is 11.9. The number of thioether (sulfide) groups is 1. The third-order valence-electron chi connectivity index (χ3n) is 2.53. The van der Waals surface area contributed by atoms with Crippen molar-refractivity contribution in [1.82, 2.24) is 5.32 Å². The molecule has 110 valence electrons. The van der Waals surface area contributed by atoms with Crippen LogP contribution in [0.4, 0.5) is 5.69 Å². The first-order valence-electron chi connectivity index (χ1n) is 6.80. The van der Waals surface area contributed by atoms with Gasteiger partial charge in [-0.2, -0.15) is 0 Å². The molecule has 4 heteroatoms. The number of amides is 1. The molecule has 20 heavy (non-hydrogen) atoms. The summed E-state index contributed by atoms with van der Waals surface area (Å²) < 4.78 is 0. The van der Waals surface area contributed by atoms with E-state index in [0.717, 1.165) is 16.3 Å². The van der Waals surface area contributed by atoms with E-state index in [-0.39, 0.29) is 11.4 Å². The van der Waals surface area contributed by atoms with Crippen molar-refractivity contribution in [2.24, 2.45) is 0 Å². The van der Waals surface area contributed by atoms with Crippen molar-refractivity contribution in [3.63, 3.8) is 0 Å². The lowest BCUT2D eigenvalue weighted by molar-refractivity contribution is -0.116. The van der Waals surface area contributed by atoms with E-state index in [1.807, 2.05) is 30.3 Å². The molecule has 0 spiro atoms. The molecule has 0 atom stereocenters. The van der Waals surface area contributed by atoms with Gasteiger partial charge < -0.3 is 10.6 Å². The van der Waals surface area contributed by atoms with Crippen LogP contribution in [0.1, 0.15) is 27.2 Å². The average molecular weight is 292 g/mol. The predicted molar refractivity (Wildman–Crippen MR) is 88.4 cm³/mol. The van der Waals surface area contributed by atoms with E-state index in [1.54, 1.807) is 11.8 Å². The van der Waals surface area contributed by atoms with Gasteiger partial charge in [-0.3, -0.25) is 4.79 Å². The number of hydrogen-bond acceptors (Lipinski definition) is 3. The Balaban J connectivity index is 2.51. The van der Waals surface area contributed by atoms with E-state index >= 15 is 0 Å². The van der Waals surface area contributed by atoms with Gasteiger partial charge in [0.05, 0.1) is 5.69 Å². The second-order valence-electron chi connectivity index (χ2n) is 5.57. The molecule has 1 rings (SSSR count). The van der Waals surface area contributed by atoms with Gasteiger partial charge in [0.25, 0.3) is 0 Å². The van der Waals surface area contributed by atoms with Crippen LogP contribution in [0.2, 0.25) is 0 Å². The molecule has 0 unspecified atom stereocenters. The molecule has 0 aliphatic rings. The van der Waals surface area contributed by atoms with Crippen LogP contribution in [0.25, 0.3) is 0 Å². The van der Waals surface area contributed by atoms with E-state index in [4.69, 9.17) is 0 Å². The fraction of sp³-hybridized carbons (Fsp3) is 0.438. The summed E-state index contributed by atoms with van der Waals surface area (Å²) in [4.78, 5) is 13.0. The monoisotopic (exact) mass is 292 g/mol. The number of para-hydroxylation sites is 1. The van der Waals surface area contributed by atoms with Gasteiger partial charge >= 0.3 is 0 Å². The number of benzene rings is 1. The van der Waals surface area contributed by atoms with E-state index in [9.17, 15) is 4.79 Å². The van der Waals surface area contributed by atoms with Crippen LogP contribution in [0.5, 0.6) is 0 Å². The SMILES string of the molecule is C=CCSc1ccccc1NC(=O)CCNC(C)(C)C. The average Bonchev–Trinajstić information content (AvgIpc) is 2.36. The minimum absolute atomic E-state index is 0.0356. The summed E-state index contributed by atoms with van der Waals surface area (Å²) in [5.74, 6) is 0.867. The molecule has 0 aromatic heterocycles. The van der Waals surface area contributed by atoms with Crippen molar-refractivity contribution in [1.29, 1.82) is 0 Å². The van der Waals surface area contributed by atoms with Crippen molar-refractivity contribution < 1.29 is 4.79 Å². The van der Waals surface area contributed by atoms with E-state index in [1.165, 1.54) is 0 Å². The zero-order chi connectivity index (χ0) is 15.0. The molecule has 0 radical (unpaired) electrons. The van der Waals surface area contributed by atoms with E-state index in [0.29, 0.717) is 13.0 Å². The molecule has 0 aliphatic heterocycles. The topological polar surface area (TPSA) is 41.1 Å². The number of anilines is 1. The van der Waals surface area contributed by atoms with Gasteiger partial charge in [-0.05, 0) is 32.9 Å². The van der Waals surface area contributed by atoms with E-state index in [2.05, 4.69) is 38.0 Å². The number of nitrogens with one attached hydrogen (secondary N) is 2. The highest BCUT2D eigenvalue weighted by Crippen LogP contribution is 2.26. The second kappa shape index (κ2) is 8.12. The van der Waals surface area contributed by atoms with Crippen LogP contribution in [-0.2, 0) is 4.79 Å². The van der Waals surface area contributed by atoms with Gasteiger partial charge in [0.1, 0.15) is 0 Å². The molecule has 0 saturated heterocycles. The summed E-state index contributed by atoms with van der Waals surface area (Å²) in [5.41, 5.74) is 0.915. The summed E-state index contributed by atoms with van der Waals surface area (Å²) >= 11 is 1.67. The van der Waals surface area contributed by atoms with Gasteiger partial charge in [-0.1, -0.05) is 18.2 Å². The predicted octanol–water partition coefficient (Wildman–Crippen LogP) is 3.68. The van der Waals surface area contributed by atoms with E-state index < -0.39 is 0 Å². The van der Waals surface area contributed by atoms with Crippen molar-refractivity contribution in [2.75, 3.05) is 17.6 Å². The van der Waals surface area contributed by atoms with Crippen LogP contribution in [0, 0.1) is 0 Å². The molecule has 0 aliphatic carbocycles.